The molecule has 6 N–H and O–H groups in total. The Morgan fingerprint density at radius 1 is 1.39 bits per heavy atom. The first-order chi connectivity index (χ1) is 18.3. The van der Waals surface area contributed by atoms with Gasteiger partial charge in [-0.1, -0.05) is 16.8 Å². The number of oxime groups is 1. The van der Waals surface area contributed by atoms with Crippen LogP contribution in [-0.2, 0) is 24.0 Å². The first-order valence-corrected chi connectivity index (χ1v) is 13.9. The number of nitrogens with zero attached hydrogens (tertiary/aromatic N) is 3. The number of β-lactam (4-membered cyclic amide) rings is 1. The summed E-state index contributed by atoms with van der Waals surface area (Å²) in [5, 5.41) is 24.0. The summed E-state index contributed by atoms with van der Waals surface area (Å²) in [4.78, 5) is 60.9. The van der Waals surface area contributed by atoms with Gasteiger partial charge in [0.1, 0.15) is 29.9 Å². The summed E-state index contributed by atoms with van der Waals surface area (Å²) in [7, 11) is 1.28. The number of carbonyl (C=O) groups is 4. The van der Waals surface area contributed by atoms with E-state index in [0.717, 1.165) is 29.9 Å². The molecule has 13 nitrogen and oxygen atoms in total. The van der Waals surface area contributed by atoms with Gasteiger partial charge >= 0.3 is 5.97 Å². The summed E-state index contributed by atoms with van der Waals surface area (Å²) in [6, 6.07) is -1.23. The van der Waals surface area contributed by atoms with E-state index >= 15 is 0 Å². The number of aromatic nitrogens is 1. The number of hydrogen-bond acceptors (Lipinski definition) is 12. The fourth-order valence-electron chi connectivity index (χ4n) is 5.06. The topological polar surface area (TPSA) is 188 Å². The maximum absolute atomic E-state index is 13.1. The van der Waals surface area contributed by atoms with Crippen molar-refractivity contribution in [1.82, 2.24) is 25.8 Å². The zero-order chi connectivity index (χ0) is 27.0. The Hall–Kier alpha value is -3.27. The Morgan fingerprint density at radius 2 is 2.21 bits per heavy atom. The smallest absolute Gasteiger partial charge is 0.352 e. The summed E-state index contributed by atoms with van der Waals surface area (Å²) in [5.41, 5.74) is 7.04. The number of anilines is 1. The fourth-order valence-corrected chi connectivity index (χ4v) is 6.91. The molecule has 202 valence electrons. The van der Waals surface area contributed by atoms with Gasteiger partial charge in [0.25, 0.3) is 11.8 Å². The number of carboxylic acids is 1. The second-order valence-electron chi connectivity index (χ2n) is 9.27. The molecule has 1 aromatic heterocycles. The highest BCUT2D eigenvalue weighted by atomic mass is 32.2. The molecule has 0 aromatic carbocycles. The number of thiazole rings is 1. The second kappa shape index (κ2) is 10.8. The monoisotopic (exact) mass is 561 g/mol. The van der Waals surface area contributed by atoms with Crippen LogP contribution in [0.2, 0.25) is 0 Å². The van der Waals surface area contributed by atoms with Gasteiger partial charge in [-0.15, -0.1) is 23.1 Å². The predicted octanol–water partition coefficient (Wildman–Crippen LogP) is -0.719. The van der Waals surface area contributed by atoms with Gasteiger partial charge in [0.2, 0.25) is 0 Å². The maximum Gasteiger partial charge on any atom is 0.352 e. The number of hydrogen-bond donors (Lipinski definition) is 5. The molecule has 0 saturated carbocycles. The summed E-state index contributed by atoms with van der Waals surface area (Å²) >= 11 is 2.48. The summed E-state index contributed by atoms with van der Waals surface area (Å²) in [6.45, 7) is 2.01. The molecule has 4 atom stereocenters. The average Bonchev–Trinajstić information content (AvgIpc) is 3.67. The standard InChI is InChI=1S/C23H27N7O6S2/c1-36-29-15(14-9-38-23(24)27-14)19(32)28-16-20(33)30-17(22(34)35)12(8-37-21(16)30)4-10-5-13(26-6-10)18(31)11-2-3-25-7-11/h4,9,11,13,16,21,25-26H,2-3,5-8H2,1H3,(H2,24,27)(H,28,32)(H,34,35)/b10-4-,29-15-/t11?,13?,16-,21-/m1/s1. The van der Waals surface area contributed by atoms with E-state index in [1.807, 2.05) is 0 Å². The summed E-state index contributed by atoms with van der Waals surface area (Å²) in [5.74, 6) is -1.94. The lowest BCUT2D eigenvalue weighted by Gasteiger charge is -2.49. The Kier molecular flexibility index (Phi) is 7.52. The summed E-state index contributed by atoms with van der Waals surface area (Å²) < 4.78 is 0. The van der Waals surface area contributed by atoms with Crippen LogP contribution in [-0.4, -0.2) is 94.2 Å². The number of rotatable bonds is 8. The van der Waals surface area contributed by atoms with Gasteiger partial charge in [0.15, 0.2) is 16.6 Å². The van der Waals surface area contributed by atoms with Crippen molar-refractivity contribution in [2.75, 3.05) is 38.2 Å². The number of Topliss-reactive ketones (excluding diaryl/α,β-unsaturated/α-hetero) is 1. The molecule has 0 aliphatic carbocycles. The van der Waals surface area contributed by atoms with Crippen molar-refractivity contribution in [3.8, 4) is 0 Å². The van der Waals surface area contributed by atoms with Crippen LogP contribution in [0.15, 0.2) is 33.5 Å². The zero-order valence-electron chi connectivity index (χ0n) is 20.4. The molecule has 5 rings (SSSR count). The molecule has 0 spiro atoms. The van der Waals surface area contributed by atoms with E-state index in [0.29, 0.717) is 30.8 Å². The number of amides is 2. The number of aliphatic carboxylic acids is 1. The molecule has 0 radical (unpaired) electrons. The molecular weight excluding hydrogens is 534 g/mol. The lowest BCUT2D eigenvalue weighted by Crippen LogP contribution is -2.71. The van der Waals surface area contributed by atoms with Gasteiger partial charge in [-0.3, -0.25) is 19.3 Å². The first kappa shape index (κ1) is 26.3. The van der Waals surface area contributed by atoms with Gasteiger partial charge in [-0.25, -0.2) is 9.78 Å². The molecular formula is C23H27N7O6S2. The summed E-state index contributed by atoms with van der Waals surface area (Å²) in [6.07, 6.45) is 3.12. The van der Waals surface area contributed by atoms with Crippen molar-refractivity contribution in [2.45, 2.75) is 30.3 Å². The number of nitrogen functional groups attached to an aromatic ring is 1. The third-order valence-corrected chi connectivity index (χ3v) is 8.85. The highest BCUT2D eigenvalue weighted by molar-refractivity contribution is 8.00. The normalized spacial score (nSPS) is 28.3. The van der Waals surface area contributed by atoms with Crippen LogP contribution in [0.1, 0.15) is 18.5 Å². The number of ketones is 1. The van der Waals surface area contributed by atoms with E-state index in [9.17, 15) is 24.3 Å². The van der Waals surface area contributed by atoms with Crippen LogP contribution >= 0.6 is 23.1 Å². The molecule has 15 heteroatoms. The quantitative estimate of drug-likeness (QED) is 0.153. The SMILES string of the molecule is CO/N=C(\C(=O)N[C@@H]1C(=O)N2C(C(=O)O)=C(/C=C3\CNC(C(=O)C4CCNC4)C3)CS[C@H]12)c1csc(N)n1. The first-order valence-electron chi connectivity index (χ1n) is 12.0. The minimum atomic E-state index is -1.23. The van der Waals surface area contributed by atoms with Gasteiger partial charge in [-0.05, 0) is 25.0 Å². The Bertz CT molecular complexity index is 1270. The molecule has 38 heavy (non-hydrogen) atoms. The number of nitrogens with two attached hydrogens (primary N) is 1. The molecule has 5 heterocycles. The minimum Gasteiger partial charge on any atom is -0.477 e. The van der Waals surface area contributed by atoms with Crippen LogP contribution in [0.5, 0.6) is 0 Å². The van der Waals surface area contributed by atoms with Crippen LogP contribution in [0.3, 0.4) is 0 Å². The van der Waals surface area contributed by atoms with Crippen LogP contribution < -0.4 is 21.7 Å². The number of carbonyl (C=O) groups excluding carboxylic acids is 3. The van der Waals surface area contributed by atoms with E-state index in [1.54, 1.807) is 11.5 Å². The predicted molar refractivity (Wildman–Crippen MR) is 140 cm³/mol. The number of nitrogens with one attached hydrogen (secondary N) is 3. The Balaban J connectivity index is 1.30. The lowest BCUT2D eigenvalue weighted by molar-refractivity contribution is -0.150. The van der Waals surface area contributed by atoms with Crippen molar-refractivity contribution in [2.24, 2.45) is 11.1 Å². The highest BCUT2D eigenvalue weighted by Gasteiger charge is 2.54. The van der Waals surface area contributed by atoms with Gasteiger partial charge < -0.3 is 31.6 Å². The number of allylic oxidation sites excluding steroid dienone is 1. The largest absolute Gasteiger partial charge is 0.477 e. The van der Waals surface area contributed by atoms with E-state index in [4.69, 9.17) is 10.6 Å². The van der Waals surface area contributed by atoms with Crippen LogP contribution in [0.25, 0.3) is 0 Å². The van der Waals surface area contributed by atoms with E-state index < -0.39 is 29.2 Å². The zero-order valence-corrected chi connectivity index (χ0v) is 22.1. The van der Waals surface area contributed by atoms with Crippen molar-refractivity contribution in [3.05, 3.63) is 34.0 Å². The third kappa shape index (κ3) is 4.93. The van der Waals surface area contributed by atoms with Crippen molar-refractivity contribution in [1.29, 1.82) is 0 Å². The third-order valence-electron chi connectivity index (χ3n) is 6.88. The van der Waals surface area contributed by atoms with E-state index in [2.05, 4.69) is 26.1 Å². The lowest BCUT2D eigenvalue weighted by atomic mass is 9.95. The molecule has 2 unspecified atom stereocenters. The highest BCUT2D eigenvalue weighted by Crippen LogP contribution is 2.41. The fraction of sp³-hybridized carbons (Fsp3) is 0.478. The van der Waals surface area contributed by atoms with Crippen molar-refractivity contribution >= 4 is 57.5 Å². The maximum atomic E-state index is 13.1. The van der Waals surface area contributed by atoms with Crippen molar-refractivity contribution < 1.29 is 29.1 Å². The molecule has 3 fully saturated rings. The Labute approximate surface area is 225 Å². The second-order valence-corrected chi connectivity index (χ2v) is 11.3. The molecule has 1 aromatic rings. The molecule has 3 saturated heterocycles. The molecule has 0 bridgehead atoms. The van der Waals surface area contributed by atoms with Gasteiger partial charge in [0, 0.05) is 30.1 Å². The number of fused-ring (bicyclic) bond motifs is 1. The number of thioether (sulfide) groups is 1. The number of carboxylic acid groups (broad SMARTS) is 1. The Morgan fingerprint density at radius 3 is 2.87 bits per heavy atom. The van der Waals surface area contributed by atoms with Crippen LogP contribution in [0.4, 0.5) is 5.13 Å². The van der Waals surface area contributed by atoms with Gasteiger partial charge in [0.05, 0.1) is 6.04 Å². The van der Waals surface area contributed by atoms with E-state index in [1.165, 1.54) is 23.8 Å². The molecule has 2 amide bonds. The average molecular weight is 562 g/mol. The molecule has 4 aliphatic rings. The van der Waals surface area contributed by atoms with E-state index in [-0.39, 0.29) is 40.0 Å². The van der Waals surface area contributed by atoms with Crippen molar-refractivity contribution in [3.63, 3.8) is 0 Å². The molecule has 4 aliphatic heterocycles. The van der Waals surface area contributed by atoms with Crippen LogP contribution in [0, 0.1) is 5.92 Å². The minimum absolute atomic E-state index is 0.000170. The van der Waals surface area contributed by atoms with Gasteiger partial charge in [-0.2, -0.15) is 0 Å².